The fourth-order valence-corrected chi connectivity index (χ4v) is 6.56. The van der Waals surface area contributed by atoms with Crippen LogP contribution in [0.5, 0.6) is 0 Å². The van der Waals surface area contributed by atoms with E-state index in [1.54, 1.807) is 17.9 Å². The van der Waals surface area contributed by atoms with Crippen LogP contribution in [0.4, 0.5) is 0 Å². The van der Waals surface area contributed by atoms with Gasteiger partial charge in [0.25, 0.3) is 0 Å². The molecule has 2 amide bonds. The van der Waals surface area contributed by atoms with E-state index in [1.165, 1.54) is 4.90 Å². The minimum absolute atomic E-state index is 0.00804. The maximum absolute atomic E-state index is 13.9. The number of alkyl halides is 1. The molecule has 3 heterocycles. The van der Waals surface area contributed by atoms with Gasteiger partial charge in [0, 0.05) is 24.0 Å². The van der Waals surface area contributed by atoms with E-state index < -0.39 is 35.6 Å². The van der Waals surface area contributed by atoms with E-state index >= 15 is 0 Å². The number of hydrogen-bond donors (Lipinski definition) is 1. The van der Waals surface area contributed by atoms with Gasteiger partial charge < -0.3 is 24.4 Å². The predicted molar refractivity (Wildman–Crippen MR) is 117 cm³/mol. The quantitative estimate of drug-likeness (QED) is 0.277. The highest BCUT2D eigenvalue weighted by molar-refractivity contribution is 9.09. The van der Waals surface area contributed by atoms with Crippen molar-refractivity contribution in [2.45, 2.75) is 68.6 Å². The summed E-state index contributed by atoms with van der Waals surface area (Å²) in [6.07, 6.45) is 3.31. The smallest absolute Gasteiger partial charge is 0.312 e. The van der Waals surface area contributed by atoms with Gasteiger partial charge in [-0.25, -0.2) is 0 Å². The van der Waals surface area contributed by atoms with Gasteiger partial charge in [0.15, 0.2) is 0 Å². The summed E-state index contributed by atoms with van der Waals surface area (Å²) in [7, 11) is 0. The molecule has 0 saturated carbocycles. The number of amides is 2. The van der Waals surface area contributed by atoms with Crippen LogP contribution < -0.4 is 0 Å². The molecule has 0 aromatic rings. The largest absolute Gasteiger partial charge is 0.466 e. The number of esters is 1. The van der Waals surface area contributed by atoms with E-state index in [1.807, 2.05) is 6.92 Å². The number of likely N-dealkylation sites (tertiary alicyclic amines) is 1. The molecule has 1 N–H and O–H groups in total. The molecule has 3 aliphatic rings. The minimum Gasteiger partial charge on any atom is -0.466 e. The number of aliphatic hydroxyl groups is 1. The molecule has 0 radical (unpaired) electrons. The van der Waals surface area contributed by atoms with Crippen LogP contribution in [0.2, 0.25) is 0 Å². The number of nitrogens with zero attached hydrogens (tertiary/aromatic N) is 2. The fourth-order valence-electron chi connectivity index (χ4n) is 5.62. The van der Waals surface area contributed by atoms with Gasteiger partial charge in [-0.3, -0.25) is 14.4 Å². The summed E-state index contributed by atoms with van der Waals surface area (Å²) < 4.78 is 11.6. The van der Waals surface area contributed by atoms with Gasteiger partial charge in [0.05, 0.1) is 31.2 Å². The van der Waals surface area contributed by atoms with E-state index in [2.05, 4.69) is 29.4 Å². The van der Waals surface area contributed by atoms with Gasteiger partial charge in [-0.1, -0.05) is 35.4 Å². The molecule has 3 saturated heterocycles. The molecule has 3 aliphatic heterocycles. The van der Waals surface area contributed by atoms with Crippen LogP contribution in [0.25, 0.3) is 0 Å². The lowest BCUT2D eigenvalue weighted by Crippen LogP contribution is -2.58. The summed E-state index contributed by atoms with van der Waals surface area (Å²) in [4.78, 5) is 43.2. The third-order valence-corrected chi connectivity index (χ3v) is 7.61. The standard InChI is InChI=1S/C22H33BrN2O6/c1-5-8-13(4)24(9-6-2)20(28)18-22-12-14(23)17(31-22)15(21(29)30-7-3)16(22)19(27)25(18)10-11-26/h6,13-18,26H,2,5,7-12H2,1,3-4H3/t13?,14?,15-,16+,17-,18-,22+/m1/s1. The van der Waals surface area contributed by atoms with Crippen LogP contribution in [-0.4, -0.2) is 87.6 Å². The Morgan fingerprint density at radius 3 is 2.77 bits per heavy atom. The first kappa shape index (κ1) is 24.2. The summed E-state index contributed by atoms with van der Waals surface area (Å²) in [6, 6.07) is -0.947. The van der Waals surface area contributed by atoms with Crippen LogP contribution in [-0.2, 0) is 23.9 Å². The molecular formula is C22H33BrN2O6. The van der Waals surface area contributed by atoms with E-state index in [4.69, 9.17) is 9.47 Å². The van der Waals surface area contributed by atoms with Crippen molar-refractivity contribution in [2.24, 2.45) is 11.8 Å². The molecule has 9 heteroatoms. The molecule has 0 aromatic carbocycles. The van der Waals surface area contributed by atoms with Crippen LogP contribution in [0, 0.1) is 11.8 Å². The van der Waals surface area contributed by atoms with E-state index in [0.717, 1.165) is 12.8 Å². The Bertz CT molecular complexity index is 733. The van der Waals surface area contributed by atoms with Crippen molar-refractivity contribution in [3.05, 3.63) is 12.7 Å². The molecule has 1 spiro atoms. The number of carbonyl (C=O) groups excluding carboxylic acids is 3. The second-order valence-electron chi connectivity index (χ2n) is 8.59. The molecule has 2 unspecified atom stereocenters. The zero-order valence-corrected chi connectivity index (χ0v) is 20.0. The summed E-state index contributed by atoms with van der Waals surface area (Å²) in [5.74, 6) is -2.59. The summed E-state index contributed by atoms with van der Waals surface area (Å²) in [5.41, 5.74) is -1.12. The van der Waals surface area contributed by atoms with Crippen LogP contribution in [0.3, 0.4) is 0 Å². The van der Waals surface area contributed by atoms with Gasteiger partial charge in [-0.05, 0) is 26.7 Å². The van der Waals surface area contributed by atoms with Gasteiger partial charge in [0.2, 0.25) is 11.8 Å². The number of aliphatic hydroxyl groups excluding tert-OH is 1. The van der Waals surface area contributed by atoms with Crippen LogP contribution >= 0.6 is 15.9 Å². The second kappa shape index (κ2) is 9.58. The van der Waals surface area contributed by atoms with Crippen molar-refractivity contribution >= 4 is 33.7 Å². The fraction of sp³-hybridized carbons (Fsp3) is 0.773. The summed E-state index contributed by atoms with van der Waals surface area (Å²) in [6.45, 7) is 9.82. The zero-order valence-electron chi connectivity index (χ0n) is 18.5. The molecule has 3 rings (SSSR count). The highest BCUT2D eigenvalue weighted by Crippen LogP contribution is 2.60. The van der Waals surface area contributed by atoms with Gasteiger partial charge >= 0.3 is 5.97 Å². The highest BCUT2D eigenvalue weighted by atomic mass is 79.9. The molecule has 0 aromatic heterocycles. The molecule has 3 fully saturated rings. The van der Waals surface area contributed by atoms with Crippen molar-refractivity contribution in [1.82, 2.24) is 9.80 Å². The molecule has 8 nitrogen and oxygen atoms in total. The molecule has 174 valence electrons. The van der Waals surface area contributed by atoms with Crippen molar-refractivity contribution in [2.75, 3.05) is 26.3 Å². The molecule has 7 atom stereocenters. The average Bonchev–Trinajstić information content (AvgIpc) is 3.30. The molecule has 0 aliphatic carbocycles. The first-order valence-electron chi connectivity index (χ1n) is 11.1. The Balaban J connectivity index is 2.04. The van der Waals surface area contributed by atoms with E-state index in [9.17, 15) is 19.5 Å². The number of halogens is 1. The Morgan fingerprint density at radius 1 is 1.48 bits per heavy atom. The van der Waals surface area contributed by atoms with Crippen LogP contribution in [0.15, 0.2) is 12.7 Å². The van der Waals surface area contributed by atoms with Gasteiger partial charge in [-0.15, -0.1) is 6.58 Å². The zero-order chi connectivity index (χ0) is 22.9. The molecule has 31 heavy (non-hydrogen) atoms. The van der Waals surface area contributed by atoms with Crippen molar-refractivity contribution in [1.29, 1.82) is 0 Å². The van der Waals surface area contributed by atoms with Crippen molar-refractivity contribution < 1.29 is 29.0 Å². The number of β-amino-alcohol motifs (C(OH)–C–C–N with tert-alkyl or cyclic N) is 1. The monoisotopic (exact) mass is 500 g/mol. The molecular weight excluding hydrogens is 468 g/mol. The third kappa shape index (κ3) is 3.82. The number of carbonyl (C=O) groups is 3. The van der Waals surface area contributed by atoms with Gasteiger partial charge in [-0.2, -0.15) is 0 Å². The Hall–Kier alpha value is -1.45. The summed E-state index contributed by atoms with van der Waals surface area (Å²) >= 11 is 3.61. The molecule has 2 bridgehead atoms. The Morgan fingerprint density at radius 2 is 2.19 bits per heavy atom. The van der Waals surface area contributed by atoms with Crippen molar-refractivity contribution in [3.63, 3.8) is 0 Å². The number of rotatable bonds is 10. The first-order valence-corrected chi connectivity index (χ1v) is 12.0. The van der Waals surface area contributed by atoms with Crippen LogP contribution in [0.1, 0.15) is 40.0 Å². The van der Waals surface area contributed by atoms with E-state index in [-0.39, 0.29) is 42.4 Å². The number of hydrogen-bond acceptors (Lipinski definition) is 6. The minimum atomic E-state index is -1.12. The second-order valence-corrected chi connectivity index (χ2v) is 9.76. The normalized spacial score (nSPS) is 34.5. The maximum Gasteiger partial charge on any atom is 0.312 e. The first-order chi connectivity index (χ1) is 14.8. The lowest BCUT2D eigenvalue weighted by molar-refractivity contribution is -0.155. The highest BCUT2D eigenvalue weighted by Gasteiger charge is 2.77. The summed E-state index contributed by atoms with van der Waals surface area (Å²) in [5, 5.41) is 9.64. The predicted octanol–water partition coefficient (Wildman–Crippen LogP) is 1.49. The van der Waals surface area contributed by atoms with Crippen molar-refractivity contribution in [3.8, 4) is 0 Å². The SMILES string of the molecule is C=CCN(C(=O)[C@H]1N(CCO)C(=O)[C@@H]2[C@@H](C(=O)OCC)[C@@H]3O[C@@]21CC3Br)C(C)CCC. The lowest BCUT2D eigenvalue weighted by atomic mass is 9.70. The Labute approximate surface area is 192 Å². The third-order valence-electron chi connectivity index (χ3n) is 6.77. The number of fused-ring (bicyclic) bond motifs is 1. The average molecular weight is 501 g/mol. The van der Waals surface area contributed by atoms with E-state index in [0.29, 0.717) is 13.0 Å². The number of ether oxygens (including phenoxy) is 2. The van der Waals surface area contributed by atoms with Gasteiger partial charge in [0.1, 0.15) is 11.6 Å². The maximum atomic E-state index is 13.9. The lowest BCUT2D eigenvalue weighted by Gasteiger charge is -2.39. The topological polar surface area (TPSA) is 96.4 Å². The Kier molecular flexibility index (Phi) is 7.48.